The summed E-state index contributed by atoms with van der Waals surface area (Å²) in [5.41, 5.74) is 12.0. The van der Waals surface area contributed by atoms with Crippen molar-refractivity contribution in [2.24, 2.45) is 0 Å². The van der Waals surface area contributed by atoms with Crippen molar-refractivity contribution >= 4 is 16.7 Å². The lowest BCUT2D eigenvalue weighted by Crippen LogP contribution is -2.17. The van der Waals surface area contributed by atoms with Crippen LogP contribution < -0.4 is 0 Å². The van der Waals surface area contributed by atoms with E-state index in [0.717, 1.165) is 67.1 Å². The first-order chi connectivity index (χ1) is 19.1. The third kappa shape index (κ3) is 4.62. The Bertz CT molecular complexity index is 1630. The number of nitrogens with zero attached hydrogens (tertiary/aromatic N) is 1. The predicted molar refractivity (Wildman–Crippen MR) is 161 cm³/mol. The molecule has 0 radical (unpaired) electrons. The average Bonchev–Trinajstić information content (AvgIpc) is 2.97. The van der Waals surface area contributed by atoms with Crippen molar-refractivity contribution in [2.75, 3.05) is 0 Å². The number of rotatable bonds is 5. The molecule has 2 nitrogen and oxygen atoms in total. The van der Waals surface area contributed by atoms with E-state index in [0.29, 0.717) is 5.76 Å². The van der Waals surface area contributed by atoms with Crippen LogP contribution >= 0.6 is 0 Å². The fourth-order valence-electron chi connectivity index (χ4n) is 5.51. The van der Waals surface area contributed by atoms with Crippen LogP contribution in [0.2, 0.25) is 0 Å². The van der Waals surface area contributed by atoms with Crippen molar-refractivity contribution in [3.05, 3.63) is 190 Å². The Hall–Kier alpha value is -4.95. The molecule has 0 saturated heterocycles. The Labute approximate surface area is 230 Å². The Kier molecular flexibility index (Phi) is 6.52. The SMILES string of the molecule is Cc1cc(C2=C(O)C(=C(c3ccccc3)c3ccccc3)C2=C(c2ccccc2)c2ccccc2)cc(C)n1. The Morgan fingerprint density at radius 1 is 0.487 bits per heavy atom. The predicted octanol–water partition coefficient (Wildman–Crippen LogP) is 8.99. The van der Waals surface area contributed by atoms with E-state index >= 15 is 0 Å². The summed E-state index contributed by atoms with van der Waals surface area (Å²) < 4.78 is 0. The number of aliphatic hydroxyl groups excluding tert-OH is 1. The standard InChI is InChI=1S/C37H29NO/c1-25-23-31(24-26(2)38-25)34-35(32(27-15-7-3-8-16-27)28-17-9-4-10-18-28)36(37(34)39)33(29-19-11-5-12-20-29)30-21-13-6-14-22-30/h3-24,39H,1-2H3. The van der Waals surface area contributed by atoms with Gasteiger partial charge < -0.3 is 5.11 Å². The van der Waals surface area contributed by atoms with Crippen LogP contribution in [0.3, 0.4) is 0 Å². The zero-order chi connectivity index (χ0) is 26.8. The molecular weight excluding hydrogens is 474 g/mol. The average molecular weight is 504 g/mol. The van der Waals surface area contributed by atoms with E-state index in [1.54, 1.807) is 0 Å². The van der Waals surface area contributed by atoms with Gasteiger partial charge in [-0.1, -0.05) is 121 Å². The number of aliphatic hydroxyl groups is 1. The maximum atomic E-state index is 12.0. The molecule has 4 aromatic carbocycles. The summed E-state index contributed by atoms with van der Waals surface area (Å²) >= 11 is 0. The molecule has 0 bridgehead atoms. The van der Waals surface area contributed by atoms with Crippen LogP contribution in [0.5, 0.6) is 0 Å². The number of hydrogen-bond donors (Lipinski definition) is 1. The van der Waals surface area contributed by atoms with E-state index in [1.165, 1.54) is 0 Å². The first-order valence-electron chi connectivity index (χ1n) is 13.2. The summed E-state index contributed by atoms with van der Waals surface area (Å²) in [7, 11) is 0. The fourth-order valence-corrected chi connectivity index (χ4v) is 5.51. The van der Waals surface area contributed by atoms with Crippen molar-refractivity contribution in [3.63, 3.8) is 0 Å². The highest BCUT2D eigenvalue weighted by molar-refractivity contribution is 6.12. The van der Waals surface area contributed by atoms with E-state index in [-0.39, 0.29) is 0 Å². The van der Waals surface area contributed by atoms with Crippen molar-refractivity contribution < 1.29 is 5.11 Å². The molecule has 39 heavy (non-hydrogen) atoms. The van der Waals surface area contributed by atoms with Crippen molar-refractivity contribution in [3.8, 4) is 0 Å². The molecule has 0 fully saturated rings. The third-order valence-corrected chi connectivity index (χ3v) is 7.09. The molecule has 2 heteroatoms. The molecule has 0 spiro atoms. The van der Waals surface area contributed by atoms with E-state index in [9.17, 15) is 5.11 Å². The van der Waals surface area contributed by atoms with E-state index < -0.39 is 0 Å². The highest BCUT2D eigenvalue weighted by Gasteiger charge is 2.37. The Balaban J connectivity index is 1.79. The lowest BCUT2D eigenvalue weighted by Gasteiger charge is -2.33. The minimum atomic E-state index is 0.307. The summed E-state index contributed by atoms with van der Waals surface area (Å²) in [6, 6.07) is 45.8. The van der Waals surface area contributed by atoms with Gasteiger partial charge in [-0.25, -0.2) is 0 Å². The summed E-state index contributed by atoms with van der Waals surface area (Å²) in [4.78, 5) is 4.60. The molecule has 1 aromatic heterocycles. The maximum Gasteiger partial charge on any atom is 0.132 e. The second-order valence-electron chi connectivity index (χ2n) is 9.83. The van der Waals surface area contributed by atoms with Crippen molar-refractivity contribution in [1.82, 2.24) is 4.98 Å². The minimum absolute atomic E-state index is 0.307. The quantitative estimate of drug-likeness (QED) is 0.260. The largest absolute Gasteiger partial charge is 0.507 e. The first-order valence-corrected chi connectivity index (χ1v) is 13.2. The lowest BCUT2D eigenvalue weighted by atomic mass is 9.70. The normalized spacial score (nSPS) is 12.8. The van der Waals surface area contributed by atoms with Gasteiger partial charge >= 0.3 is 0 Å². The molecule has 1 aliphatic carbocycles. The molecular formula is C37H29NO. The summed E-state index contributed by atoms with van der Waals surface area (Å²) in [5.74, 6) is 0.307. The molecule has 0 unspecified atom stereocenters. The van der Waals surface area contributed by atoms with Gasteiger partial charge in [0.2, 0.25) is 0 Å². The second-order valence-corrected chi connectivity index (χ2v) is 9.83. The van der Waals surface area contributed by atoms with Crippen molar-refractivity contribution in [1.29, 1.82) is 0 Å². The molecule has 1 N–H and O–H groups in total. The third-order valence-electron chi connectivity index (χ3n) is 7.09. The molecule has 0 amide bonds. The molecule has 0 atom stereocenters. The zero-order valence-corrected chi connectivity index (χ0v) is 22.1. The van der Waals surface area contributed by atoms with Gasteiger partial charge in [-0.3, -0.25) is 4.98 Å². The maximum absolute atomic E-state index is 12.0. The molecule has 5 aromatic rings. The highest BCUT2D eigenvalue weighted by Crippen LogP contribution is 2.53. The summed E-state index contributed by atoms with van der Waals surface area (Å²) in [6.45, 7) is 4.00. The number of benzene rings is 4. The molecule has 188 valence electrons. The van der Waals surface area contributed by atoms with E-state index in [2.05, 4.69) is 89.9 Å². The summed E-state index contributed by atoms with van der Waals surface area (Å²) in [5, 5.41) is 12.0. The molecule has 1 aliphatic rings. The monoisotopic (exact) mass is 503 g/mol. The van der Waals surface area contributed by atoms with Gasteiger partial charge in [-0.05, 0) is 59.4 Å². The van der Waals surface area contributed by atoms with Gasteiger partial charge in [0, 0.05) is 33.7 Å². The number of aromatic nitrogens is 1. The number of pyridine rings is 1. The van der Waals surface area contributed by atoms with Crippen LogP contribution in [0.1, 0.15) is 39.2 Å². The van der Waals surface area contributed by atoms with Crippen LogP contribution in [-0.2, 0) is 0 Å². The number of allylic oxidation sites excluding steroid dienone is 2. The van der Waals surface area contributed by atoms with Crippen LogP contribution in [-0.4, -0.2) is 10.1 Å². The lowest BCUT2D eigenvalue weighted by molar-refractivity contribution is 0.421. The molecule has 0 aliphatic heterocycles. The molecule has 1 heterocycles. The first kappa shape index (κ1) is 24.4. The second kappa shape index (κ2) is 10.4. The number of hydrogen-bond acceptors (Lipinski definition) is 2. The van der Waals surface area contributed by atoms with Gasteiger partial charge in [-0.2, -0.15) is 0 Å². The number of aryl methyl sites for hydroxylation is 2. The fraction of sp³-hybridized carbons (Fsp3) is 0.0541. The molecule has 6 rings (SSSR count). The molecule has 0 saturated carbocycles. The van der Waals surface area contributed by atoms with Crippen molar-refractivity contribution in [2.45, 2.75) is 13.8 Å². The van der Waals surface area contributed by atoms with Gasteiger partial charge in [0.25, 0.3) is 0 Å². The van der Waals surface area contributed by atoms with Gasteiger partial charge in [0.1, 0.15) is 5.76 Å². The highest BCUT2D eigenvalue weighted by atomic mass is 16.3. The van der Waals surface area contributed by atoms with Gasteiger partial charge in [0.05, 0.1) is 0 Å². The van der Waals surface area contributed by atoms with E-state index in [4.69, 9.17) is 0 Å². The smallest absolute Gasteiger partial charge is 0.132 e. The van der Waals surface area contributed by atoms with Gasteiger partial charge in [0.15, 0.2) is 0 Å². The minimum Gasteiger partial charge on any atom is -0.507 e. The Morgan fingerprint density at radius 2 is 0.821 bits per heavy atom. The van der Waals surface area contributed by atoms with E-state index in [1.807, 2.05) is 62.4 Å². The van der Waals surface area contributed by atoms with Gasteiger partial charge in [-0.15, -0.1) is 0 Å². The zero-order valence-electron chi connectivity index (χ0n) is 22.1. The van der Waals surface area contributed by atoms with Crippen LogP contribution in [0.4, 0.5) is 0 Å². The van der Waals surface area contributed by atoms with Crippen LogP contribution in [0.25, 0.3) is 16.7 Å². The Morgan fingerprint density at radius 3 is 1.18 bits per heavy atom. The van der Waals surface area contributed by atoms with Crippen LogP contribution in [0, 0.1) is 13.8 Å². The topological polar surface area (TPSA) is 33.1 Å². The van der Waals surface area contributed by atoms with Crippen LogP contribution in [0.15, 0.2) is 150 Å². The summed E-state index contributed by atoms with van der Waals surface area (Å²) in [6.07, 6.45) is 0.